The topological polar surface area (TPSA) is 65.4 Å². The van der Waals surface area contributed by atoms with Crippen LogP contribution in [0.3, 0.4) is 0 Å². The fourth-order valence-electron chi connectivity index (χ4n) is 3.05. The Bertz CT molecular complexity index is 909. The average molecular weight is 363 g/mol. The number of benzene rings is 2. The number of nitrogens with zero attached hydrogens (tertiary/aromatic N) is 2. The lowest BCUT2D eigenvalue weighted by Gasteiger charge is -2.26. The molecule has 1 aliphatic rings. The molecular formula is C21H21N3O3. The molecule has 3 aromatic rings. The van der Waals surface area contributed by atoms with Crippen molar-refractivity contribution in [1.82, 2.24) is 15.1 Å². The lowest BCUT2D eigenvalue weighted by Crippen LogP contribution is -2.34. The third-order valence-corrected chi connectivity index (χ3v) is 4.41. The molecule has 0 fully saturated rings. The van der Waals surface area contributed by atoms with E-state index in [1.54, 1.807) is 6.20 Å². The van der Waals surface area contributed by atoms with Crippen LogP contribution in [-0.4, -0.2) is 34.9 Å². The van der Waals surface area contributed by atoms with Crippen molar-refractivity contribution >= 4 is 5.91 Å². The molecule has 1 atom stereocenters. The smallest absolute Gasteiger partial charge is 0.251 e. The van der Waals surface area contributed by atoms with E-state index < -0.39 is 0 Å². The molecule has 6 heteroatoms. The Balaban J connectivity index is 1.28. The average Bonchev–Trinajstić information content (AvgIpc) is 3.21. The second kappa shape index (κ2) is 7.95. The van der Waals surface area contributed by atoms with Gasteiger partial charge < -0.3 is 14.8 Å². The highest BCUT2D eigenvalue weighted by atomic mass is 16.6. The minimum absolute atomic E-state index is 0.0636. The molecular weight excluding hydrogens is 342 g/mol. The van der Waals surface area contributed by atoms with Gasteiger partial charge in [-0.3, -0.25) is 9.48 Å². The summed E-state index contributed by atoms with van der Waals surface area (Å²) in [6.45, 7) is 1.66. The highest BCUT2D eigenvalue weighted by Gasteiger charge is 2.20. The van der Waals surface area contributed by atoms with E-state index in [-0.39, 0.29) is 12.0 Å². The van der Waals surface area contributed by atoms with Crippen LogP contribution in [0, 0.1) is 0 Å². The summed E-state index contributed by atoms with van der Waals surface area (Å²) in [5.41, 5.74) is 1.68. The Morgan fingerprint density at radius 3 is 2.89 bits per heavy atom. The summed E-state index contributed by atoms with van der Waals surface area (Å²) in [7, 11) is 0. The first-order valence-corrected chi connectivity index (χ1v) is 9.01. The number of aromatic nitrogens is 2. The Morgan fingerprint density at radius 2 is 2.04 bits per heavy atom. The standard InChI is InChI=1S/C21H21N3O3/c25-21(17-6-3-5-16(13-17)14-24-12-4-10-23-24)22-11-9-18-15-26-19-7-1-2-8-20(19)27-18/h1-8,10,12-13,18H,9,11,14-15H2,(H,22,25)/t18-/m1/s1. The molecule has 0 saturated carbocycles. The molecule has 1 amide bonds. The first-order chi connectivity index (χ1) is 13.3. The first-order valence-electron chi connectivity index (χ1n) is 9.01. The largest absolute Gasteiger partial charge is 0.486 e. The number of fused-ring (bicyclic) bond motifs is 1. The van der Waals surface area contributed by atoms with Gasteiger partial charge in [0.1, 0.15) is 12.7 Å². The Kier molecular flexibility index (Phi) is 5.05. The summed E-state index contributed by atoms with van der Waals surface area (Å²) in [4.78, 5) is 12.4. The number of rotatable bonds is 6. The van der Waals surface area contributed by atoms with Crippen LogP contribution in [-0.2, 0) is 6.54 Å². The minimum atomic E-state index is -0.0885. The Morgan fingerprint density at radius 1 is 1.15 bits per heavy atom. The molecule has 0 saturated heterocycles. The zero-order valence-corrected chi connectivity index (χ0v) is 14.9. The van der Waals surface area contributed by atoms with Gasteiger partial charge in [-0.2, -0.15) is 5.10 Å². The van der Waals surface area contributed by atoms with Crippen molar-refractivity contribution < 1.29 is 14.3 Å². The van der Waals surface area contributed by atoms with E-state index in [4.69, 9.17) is 9.47 Å². The maximum Gasteiger partial charge on any atom is 0.251 e. The van der Waals surface area contributed by atoms with Crippen molar-refractivity contribution in [2.24, 2.45) is 0 Å². The molecule has 138 valence electrons. The second-order valence-electron chi connectivity index (χ2n) is 6.45. The SMILES string of the molecule is O=C(NCC[C@@H]1COc2ccccc2O1)c1cccc(Cn2cccn2)c1. The van der Waals surface area contributed by atoms with Crippen LogP contribution in [0.15, 0.2) is 67.0 Å². The van der Waals surface area contributed by atoms with Gasteiger partial charge in [-0.05, 0) is 35.9 Å². The van der Waals surface area contributed by atoms with E-state index in [9.17, 15) is 4.79 Å². The van der Waals surface area contributed by atoms with Gasteiger partial charge in [0, 0.05) is 30.9 Å². The monoisotopic (exact) mass is 363 g/mol. The van der Waals surface area contributed by atoms with Gasteiger partial charge in [0.05, 0.1) is 6.54 Å². The van der Waals surface area contributed by atoms with E-state index in [1.165, 1.54) is 0 Å². The molecule has 2 heterocycles. The molecule has 1 aliphatic heterocycles. The zero-order chi connectivity index (χ0) is 18.5. The molecule has 0 aliphatic carbocycles. The van der Waals surface area contributed by atoms with Crippen LogP contribution in [0.1, 0.15) is 22.3 Å². The molecule has 0 radical (unpaired) electrons. The number of nitrogens with one attached hydrogen (secondary N) is 1. The van der Waals surface area contributed by atoms with Crippen LogP contribution in [0.5, 0.6) is 11.5 Å². The van der Waals surface area contributed by atoms with Crippen LogP contribution in [0.2, 0.25) is 0 Å². The number of ether oxygens (including phenoxy) is 2. The summed E-state index contributed by atoms with van der Waals surface area (Å²) in [6, 6.07) is 17.1. The maximum atomic E-state index is 12.4. The lowest BCUT2D eigenvalue weighted by atomic mass is 10.1. The summed E-state index contributed by atoms with van der Waals surface area (Å²) < 4.78 is 13.4. The molecule has 4 rings (SSSR count). The van der Waals surface area contributed by atoms with Crippen molar-refractivity contribution in [2.45, 2.75) is 19.1 Å². The highest BCUT2D eigenvalue weighted by Crippen LogP contribution is 2.31. The number of para-hydroxylation sites is 2. The predicted octanol–water partition coefficient (Wildman–Crippen LogP) is 2.89. The number of carbonyl (C=O) groups is 1. The highest BCUT2D eigenvalue weighted by molar-refractivity contribution is 5.94. The van der Waals surface area contributed by atoms with Crippen LogP contribution >= 0.6 is 0 Å². The van der Waals surface area contributed by atoms with Crippen LogP contribution < -0.4 is 14.8 Å². The van der Waals surface area contributed by atoms with E-state index in [2.05, 4.69) is 10.4 Å². The minimum Gasteiger partial charge on any atom is -0.486 e. The van der Waals surface area contributed by atoms with Gasteiger partial charge in [-0.25, -0.2) is 0 Å². The van der Waals surface area contributed by atoms with Crippen molar-refractivity contribution in [3.63, 3.8) is 0 Å². The van der Waals surface area contributed by atoms with Gasteiger partial charge >= 0.3 is 0 Å². The van der Waals surface area contributed by atoms with E-state index in [0.717, 1.165) is 17.1 Å². The van der Waals surface area contributed by atoms with E-state index in [0.29, 0.717) is 31.7 Å². The summed E-state index contributed by atoms with van der Waals surface area (Å²) in [5.74, 6) is 1.44. The van der Waals surface area contributed by atoms with Gasteiger partial charge in [-0.15, -0.1) is 0 Å². The molecule has 0 spiro atoms. The second-order valence-corrected chi connectivity index (χ2v) is 6.45. The molecule has 6 nitrogen and oxygen atoms in total. The quantitative estimate of drug-likeness (QED) is 0.731. The fraction of sp³-hybridized carbons (Fsp3) is 0.238. The zero-order valence-electron chi connectivity index (χ0n) is 14.9. The molecule has 1 aromatic heterocycles. The summed E-state index contributed by atoms with van der Waals surface area (Å²) in [6.07, 6.45) is 4.27. The molecule has 1 N–H and O–H groups in total. The van der Waals surface area contributed by atoms with E-state index >= 15 is 0 Å². The third-order valence-electron chi connectivity index (χ3n) is 4.41. The molecule has 0 unspecified atom stereocenters. The van der Waals surface area contributed by atoms with Crippen molar-refractivity contribution in [3.8, 4) is 11.5 Å². The molecule has 0 bridgehead atoms. The summed E-state index contributed by atoms with van der Waals surface area (Å²) >= 11 is 0. The first kappa shape index (κ1) is 17.1. The number of carbonyl (C=O) groups excluding carboxylic acids is 1. The van der Waals surface area contributed by atoms with Gasteiger partial charge in [0.25, 0.3) is 5.91 Å². The van der Waals surface area contributed by atoms with Gasteiger partial charge in [0.2, 0.25) is 0 Å². The Labute approximate surface area is 157 Å². The third kappa shape index (κ3) is 4.28. The van der Waals surface area contributed by atoms with Crippen LogP contribution in [0.25, 0.3) is 0 Å². The van der Waals surface area contributed by atoms with Crippen molar-refractivity contribution in [1.29, 1.82) is 0 Å². The lowest BCUT2D eigenvalue weighted by molar-refractivity contribution is 0.0813. The number of hydrogen-bond donors (Lipinski definition) is 1. The predicted molar refractivity (Wildman–Crippen MR) is 101 cm³/mol. The van der Waals surface area contributed by atoms with Crippen molar-refractivity contribution in [3.05, 3.63) is 78.1 Å². The normalized spacial score (nSPS) is 15.3. The number of hydrogen-bond acceptors (Lipinski definition) is 4. The Hall–Kier alpha value is -3.28. The van der Waals surface area contributed by atoms with Gasteiger partial charge in [0.15, 0.2) is 11.5 Å². The van der Waals surface area contributed by atoms with Crippen molar-refractivity contribution in [2.75, 3.05) is 13.2 Å². The van der Waals surface area contributed by atoms with Gasteiger partial charge in [-0.1, -0.05) is 24.3 Å². The summed E-state index contributed by atoms with van der Waals surface area (Å²) in [5, 5.41) is 7.15. The molecule has 27 heavy (non-hydrogen) atoms. The number of amides is 1. The fourth-order valence-corrected chi connectivity index (χ4v) is 3.05. The molecule has 2 aromatic carbocycles. The van der Waals surface area contributed by atoms with E-state index in [1.807, 2.05) is 65.5 Å². The maximum absolute atomic E-state index is 12.4. The van der Waals surface area contributed by atoms with Crippen LogP contribution in [0.4, 0.5) is 0 Å².